The lowest BCUT2D eigenvalue weighted by Crippen LogP contribution is -2.07. The Kier molecular flexibility index (Phi) is 6.69. The fourth-order valence-corrected chi connectivity index (χ4v) is 1.65. The highest BCUT2D eigenvalue weighted by Crippen LogP contribution is 2.22. The van der Waals surface area contributed by atoms with Gasteiger partial charge in [-0.15, -0.1) is 0 Å². The maximum Gasteiger partial charge on any atom is -0.0391 e. The van der Waals surface area contributed by atoms with Crippen LogP contribution in [0.1, 0.15) is 59.8 Å². The monoisotopic (exact) mass is 156 g/mol. The molecule has 0 spiro atoms. The number of hydrogen-bond acceptors (Lipinski definition) is 0. The van der Waals surface area contributed by atoms with Gasteiger partial charge in [0.1, 0.15) is 0 Å². The fourth-order valence-electron chi connectivity index (χ4n) is 1.65. The zero-order valence-electron chi connectivity index (χ0n) is 8.69. The smallest absolute Gasteiger partial charge is 0.0391 e. The van der Waals surface area contributed by atoms with Crippen molar-refractivity contribution in [2.24, 2.45) is 11.8 Å². The van der Waals surface area contributed by atoms with Gasteiger partial charge in [-0.2, -0.15) is 0 Å². The van der Waals surface area contributed by atoms with Crippen molar-refractivity contribution < 1.29 is 0 Å². The van der Waals surface area contributed by atoms with E-state index in [1.165, 1.54) is 32.1 Å². The van der Waals surface area contributed by atoms with E-state index in [2.05, 4.69) is 27.7 Å². The first kappa shape index (κ1) is 11.0. The summed E-state index contributed by atoms with van der Waals surface area (Å²) in [4.78, 5) is 0. The fraction of sp³-hybridized carbons (Fsp3) is 1.00. The molecule has 0 saturated heterocycles. The number of unbranched alkanes of at least 4 members (excludes halogenated alkanes) is 1. The third kappa shape index (κ3) is 5.29. The first-order valence-electron chi connectivity index (χ1n) is 5.22. The van der Waals surface area contributed by atoms with Crippen LogP contribution in [0.4, 0.5) is 0 Å². The van der Waals surface area contributed by atoms with Crippen LogP contribution in [-0.2, 0) is 0 Å². The van der Waals surface area contributed by atoms with Gasteiger partial charge < -0.3 is 0 Å². The summed E-state index contributed by atoms with van der Waals surface area (Å²) >= 11 is 0. The highest BCUT2D eigenvalue weighted by molar-refractivity contribution is 4.62. The third-order valence-electron chi connectivity index (χ3n) is 2.53. The van der Waals surface area contributed by atoms with Gasteiger partial charge in [-0.1, -0.05) is 59.8 Å². The van der Waals surface area contributed by atoms with Gasteiger partial charge in [-0.25, -0.2) is 0 Å². The van der Waals surface area contributed by atoms with Crippen LogP contribution >= 0.6 is 0 Å². The van der Waals surface area contributed by atoms with Crippen molar-refractivity contribution in [1.29, 1.82) is 0 Å². The lowest BCUT2D eigenvalue weighted by atomic mass is 9.87. The van der Waals surface area contributed by atoms with Crippen LogP contribution in [0.25, 0.3) is 0 Å². The Morgan fingerprint density at radius 1 is 0.909 bits per heavy atom. The normalized spacial score (nSPS) is 13.9. The molecule has 0 aromatic heterocycles. The van der Waals surface area contributed by atoms with E-state index in [1.54, 1.807) is 0 Å². The van der Waals surface area contributed by atoms with Crippen molar-refractivity contribution >= 4 is 0 Å². The SMILES string of the molecule is CCCCC(CCC)C(C)C. The highest BCUT2D eigenvalue weighted by Gasteiger charge is 2.10. The lowest BCUT2D eigenvalue weighted by molar-refractivity contribution is 0.325. The van der Waals surface area contributed by atoms with Gasteiger partial charge in [0.2, 0.25) is 0 Å². The van der Waals surface area contributed by atoms with Crippen molar-refractivity contribution in [3.05, 3.63) is 0 Å². The molecule has 0 heteroatoms. The van der Waals surface area contributed by atoms with Crippen LogP contribution < -0.4 is 0 Å². The van der Waals surface area contributed by atoms with Gasteiger partial charge >= 0.3 is 0 Å². The van der Waals surface area contributed by atoms with Crippen LogP contribution in [0.5, 0.6) is 0 Å². The zero-order valence-corrected chi connectivity index (χ0v) is 8.69. The summed E-state index contributed by atoms with van der Waals surface area (Å²) in [6.45, 7) is 9.29. The average Bonchev–Trinajstić information content (AvgIpc) is 1.97. The van der Waals surface area contributed by atoms with E-state index in [1.807, 2.05) is 0 Å². The van der Waals surface area contributed by atoms with E-state index in [0.29, 0.717) is 0 Å². The van der Waals surface area contributed by atoms with Crippen molar-refractivity contribution in [3.63, 3.8) is 0 Å². The van der Waals surface area contributed by atoms with E-state index < -0.39 is 0 Å². The minimum Gasteiger partial charge on any atom is -0.0654 e. The molecule has 11 heavy (non-hydrogen) atoms. The molecule has 0 amide bonds. The molecule has 0 N–H and O–H groups in total. The third-order valence-corrected chi connectivity index (χ3v) is 2.53. The van der Waals surface area contributed by atoms with Crippen molar-refractivity contribution in [3.8, 4) is 0 Å². The van der Waals surface area contributed by atoms with Crippen LogP contribution in [0.2, 0.25) is 0 Å². The summed E-state index contributed by atoms with van der Waals surface area (Å²) < 4.78 is 0. The number of hydrogen-bond donors (Lipinski definition) is 0. The molecule has 68 valence electrons. The molecule has 0 radical (unpaired) electrons. The van der Waals surface area contributed by atoms with Gasteiger partial charge in [0.15, 0.2) is 0 Å². The summed E-state index contributed by atoms with van der Waals surface area (Å²) in [6.07, 6.45) is 7.00. The Labute approximate surface area is 72.4 Å². The Hall–Kier alpha value is 0. The van der Waals surface area contributed by atoms with Crippen LogP contribution in [-0.4, -0.2) is 0 Å². The first-order chi connectivity index (χ1) is 5.22. The van der Waals surface area contributed by atoms with Gasteiger partial charge in [0.25, 0.3) is 0 Å². The summed E-state index contributed by atoms with van der Waals surface area (Å²) in [7, 11) is 0. The van der Waals surface area contributed by atoms with Crippen molar-refractivity contribution in [2.75, 3.05) is 0 Å². The summed E-state index contributed by atoms with van der Waals surface area (Å²) in [5.74, 6) is 1.88. The standard InChI is InChI=1S/C11H24/c1-5-7-9-11(8-6-2)10(3)4/h10-11H,5-9H2,1-4H3. The predicted molar refractivity (Wildman–Crippen MR) is 52.8 cm³/mol. The van der Waals surface area contributed by atoms with Crippen LogP contribution in [0.15, 0.2) is 0 Å². The van der Waals surface area contributed by atoms with Gasteiger partial charge in [-0.05, 0) is 11.8 Å². The molecule has 0 fully saturated rings. The second-order valence-corrected chi connectivity index (χ2v) is 3.94. The maximum atomic E-state index is 2.36. The van der Waals surface area contributed by atoms with Crippen molar-refractivity contribution in [1.82, 2.24) is 0 Å². The molecule has 1 atom stereocenters. The predicted octanol–water partition coefficient (Wildman–Crippen LogP) is 4.25. The van der Waals surface area contributed by atoms with Gasteiger partial charge in [0, 0.05) is 0 Å². The Morgan fingerprint density at radius 2 is 1.55 bits per heavy atom. The molecule has 0 aliphatic heterocycles. The molecule has 0 nitrogen and oxygen atoms in total. The van der Waals surface area contributed by atoms with Gasteiger partial charge in [0.05, 0.1) is 0 Å². The topological polar surface area (TPSA) is 0 Å². The minimum atomic E-state index is 0.890. The average molecular weight is 156 g/mol. The molecular formula is C11H24. The van der Waals surface area contributed by atoms with Crippen LogP contribution in [0, 0.1) is 11.8 Å². The summed E-state index contributed by atoms with van der Waals surface area (Å²) in [5.41, 5.74) is 0. The Bertz CT molecular complexity index is 74.1. The van der Waals surface area contributed by atoms with Crippen LogP contribution in [0.3, 0.4) is 0 Å². The molecule has 0 aromatic rings. The first-order valence-corrected chi connectivity index (χ1v) is 5.22. The second kappa shape index (κ2) is 6.69. The van der Waals surface area contributed by atoms with E-state index in [-0.39, 0.29) is 0 Å². The molecule has 0 bridgehead atoms. The molecule has 0 aliphatic rings. The Morgan fingerprint density at radius 3 is 1.91 bits per heavy atom. The van der Waals surface area contributed by atoms with E-state index >= 15 is 0 Å². The summed E-state index contributed by atoms with van der Waals surface area (Å²) in [6, 6.07) is 0. The molecular weight excluding hydrogens is 132 g/mol. The van der Waals surface area contributed by atoms with E-state index in [4.69, 9.17) is 0 Å². The molecule has 0 heterocycles. The second-order valence-electron chi connectivity index (χ2n) is 3.94. The highest BCUT2D eigenvalue weighted by atomic mass is 14.2. The quantitative estimate of drug-likeness (QED) is 0.539. The largest absolute Gasteiger partial charge is 0.0654 e. The van der Waals surface area contributed by atoms with E-state index in [0.717, 1.165) is 11.8 Å². The molecule has 0 saturated carbocycles. The van der Waals surface area contributed by atoms with Gasteiger partial charge in [-0.3, -0.25) is 0 Å². The minimum absolute atomic E-state index is 0.890. The maximum absolute atomic E-state index is 2.36. The van der Waals surface area contributed by atoms with Crippen molar-refractivity contribution in [2.45, 2.75) is 59.8 Å². The molecule has 0 rings (SSSR count). The molecule has 0 aliphatic carbocycles. The Balaban J connectivity index is 3.51. The number of rotatable bonds is 6. The summed E-state index contributed by atoms with van der Waals surface area (Å²) in [5, 5.41) is 0. The molecule has 1 unspecified atom stereocenters. The molecule has 0 aromatic carbocycles. The zero-order chi connectivity index (χ0) is 8.69. The lowest BCUT2D eigenvalue weighted by Gasteiger charge is -2.19. The van der Waals surface area contributed by atoms with E-state index in [9.17, 15) is 0 Å².